The van der Waals surface area contributed by atoms with E-state index in [1.54, 1.807) is 6.92 Å². The number of hydrogen-bond donors (Lipinski definition) is 1. The summed E-state index contributed by atoms with van der Waals surface area (Å²) in [5.74, 6) is 2.43. The molecule has 0 atom stereocenters. The van der Waals surface area contributed by atoms with Crippen LogP contribution < -0.4 is 10.1 Å². The summed E-state index contributed by atoms with van der Waals surface area (Å²) in [6, 6.07) is 4.50. The maximum atomic E-state index is 12.3. The topological polar surface area (TPSA) is 93.4 Å². The van der Waals surface area contributed by atoms with Crippen LogP contribution in [0.4, 0.5) is 0 Å². The van der Waals surface area contributed by atoms with Crippen molar-refractivity contribution in [2.24, 2.45) is 11.3 Å². The van der Waals surface area contributed by atoms with E-state index in [0.29, 0.717) is 18.3 Å². The van der Waals surface area contributed by atoms with Gasteiger partial charge < -0.3 is 19.5 Å². The van der Waals surface area contributed by atoms with Gasteiger partial charge in [0.2, 0.25) is 17.7 Å². The molecule has 2 aromatic heterocycles. The van der Waals surface area contributed by atoms with Crippen molar-refractivity contribution in [1.82, 2.24) is 25.3 Å². The largest absolute Gasteiger partial charge is 0.477 e. The van der Waals surface area contributed by atoms with Gasteiger partial charge >= 0.3 is 0 Å². The van der Waals surface area contributed by atoms with Crippen molar-refractivity contribution < 1.29 is 14.1 Å². The zero-order valence-electron chi connectivity index (χ0n) is 21.8. The molecule has 1 fully saturated rings. The zero-order valence-corrected chi connectivity index (χ0v) is 21.8. The Morgan fingerprint density at radius 3 is 2.63 bits per heavy atom. The number of fused-ring (bicyclic) bond motifs is 1. The van der Waals surface area contributed by atoms with Crippen molar-refractivity contribution in [1.29, 1.82) is 0 Å². The quantitative estimate of drug-likeness (QED) is 0.608. The number of ether oxygens (including phenoxy) is 1. The van der Waals surface area contributed by atoms with Crippen LogP contribution in [0, 0.1) is 18.3 Å². The second-order valence-corrected chi connectivity index (χ2v) is 11.4. The van der Waals surface area contributed by atoms with Crippen molar-refractivity contribution in [3.8, 4) is 5.88 Å². The third kappa shape index (κ3) is 8.02. The molecule has 3 heterocycles. The van der Waals surface area contributed by atoms with E-state index < -0.39 is 0 Å². The molecule has 0 aromatic carbocycles. The Morgan fingerprint density at radius 1 is 1.14 bits per heavy atom. The lowest BCUT2D eigenvalue weighted by atomic mass is 9.84. The average molecular weight is 484 g/mol. The highest BCUT2D eigenvalue weighted by molar-refractivity contribution is 5.78. The minimum atomic E-state index is -0.0149. The summed E-state index contributed by atoms with van der Waals surface area (Å²) in [6.07, 6.45) is 7.91. The normalized spacial score (nSPS) is 21.3. The summed E-state index contributed by atoms with van der Waals surface area (Å²) in [6.45, 7) is 12.2. The molecule has 0 spiro atoms. The number of carbonyl (C=O) groups is 1. The number of rotatable bonds is 8. The van der Waals surface area contributed by atoms with E-state index in [0.717, 1.165) is 57.1 Å². The first kappa shape index (κ1) is 25.6. The number of aryl methyl sites for hydroxylation is 1. The maximum absolute atomic E-state index is 12.3. The summed E-state index contributed by atoms with van der Waals surface area (Å²) in [7, 11) is 0. The second kappa shape index (κ2) is 11.5. The molecule has 192 valence electrons. The third-order valence-electron chi connectivity index (χ3n) is 7.01. The standard InChI is InChI=1S/C27H41N5O3/c1-19-28-24(31-35-19)17-25(33)29-22-8-5-20(6-9-22)11-14-32-15-12-21-7-10-26(30-23(21)13-16-32)34-18-27(2,3)4/h7,10,20,22H,5-6,8-9,11-18H2,1-4H3,(H,29,33). The van der Waals surface area contributed by atoms with Gasteiger partial charge in [-0.1, -0.05) is 32.0 Å². The minimum absolute atomic E-state index is 0.0149. The number of nitrogens with zero attached hydrogens (tertiary/aromatic N) is 4. The number of pyridine rings is 1. The Bertz CT molecular complexity index is 975. The molecule has 1 saturated carbocycles. The van der Waals surface area contributed by atoms with Gasteiger partial charge in [-0.3, -0.25) is 4.79 Å². The fraction of sp³-hybridized carbons (Fsp3) is 0.704. The van der Waals surface area contributed by atoms with Gasteiger partial charge in [0.05, 0.1) is 13.0 Å². The Labute approximate surface area is 209 Å². The van der Waals surface area contributed by atoms with Crippen molar-refractivity contribution in [2.75, 3.05) is 26.2 Å². The number of hydrogen-bond acceptors (Lipinski definition) is 7. The molecule has 0 unspecified atom stereocenters. The van der Waals surface area contributed by atoms with Gasteiger partial charge in [0, 0.05) is 44.2 Å². The molecule has 0 saturated heterocycles. The van der Waals surface area contributed by atoms with E-state index in [2.05, 4.69) is 47.2 Å². The van der Waals surface area contributed by atoms with Gasteiger partial charge in [-0.25, -0.2) is 4.98 Å². The van der Waals surface area contributed by atoms with Gasteiger partial charge in [0.1, 0.15) is 0 Å². The number of carbonyl (C=O) groups excluding carboxylic acids is 1. The number of aromatic nitrogens is 3. The predicted octanol–water partition coefficient (Wildman–Crippen LogP) is 3.91. The molecule has 1 aliphatic carbocycles. The summed E-state index contributed by atoms with van der Waals surface area (Å²) in [5, 5.41) is 6.96. The monoisotopic (exact) mass is 483 g/mol. The van der Waals surface area contributed by atoms with Crippen LogP contribution in [0.15, 0.2) is 16.7 Å². The Morgan fingerprint density at radius 2 is 1.91 bits per heavy atom. The predicted molar refractivity (Wildman–Crippen MR) is 134 cm³/mol. The lowest BCUT2D eigenvalue weighted by molar-refractivity contribution is -0.121. The maximum Gasteiger partial charge on any atom is 0.228 e. The molecule has 8 heteroatoms. The Kier molecular flexibility index (Phi) is 8.42. The molecule has 4 rings (SSSR count). The molecule has 35 heavy (non-hydrogen) atoms. The minimum Gasteiger partial charge on any atom is -0.477 e. The Balaban J connectivity index is 1.16. The number of amides is 1. The van der Waals surface area contributed by atoms with E-state index in [-0.39, 0.29) is 23.8 Å². The van der Waals surface area contributed by atoms with Gasteiger partial charge in [0.25, 0.3) is 0 Å². The van der Waals surface area contributed by atoms with E-state index in [1.807, 2.05) is 6.07 Å². The molecule has 8 nitrogen and oxygen atoms in total. The van der Waals surface area contributed by atoms with Gasteiger partial charge in [-0.05, 0) is 62.0 Å². The molecular formula is C27H41N5O3. The van der Waals surface area contributed by atoms with Crippen LogP contribution in [-0.4, -0.2) is 58.2 Å². The fourth-order valence-corrected chi connectivity index (χ4v) is 5.00. The van der Waals surface area contributed by atoms with Crippen LogP contribution in [0.3, 0.4) is 0 Å². The molecule has 1 N–H and O–H groups in total. The molecular weight excluding hydrogens is 442 g/mol. The molecule has 1 amide bonds. The Hall–Kier alpha value is -2.48. The summed E-state index contributed by atoms with van der Waals surface area (Å²) < 4.78 is 10.9. The van der Waals surface area contributed by atoms with Crippen molar-refractivity contribution in [3.05, 3.63) is 35.1 Å². The van der Waals surface area contributed by atoms with Crippen LogP contribution in [-0.2, 0) is 24.1 Å². The second-order valence-electron chi connectivity index (χ2n) is 11.4. The first-order valence-electron chi connectivity index (χ1n) is 13.2. The van der Waals surface area contributed by atoms with Crippen LogP contribution in [0.5, 0.6) is 5.88 Å². The first-order valence-corrected chi connectivity index (χ1v) is 13.2. The molecule has 0 bridgehead atoms. The van der Waals surface area contributed by atoms with E-state index in [1.165, 1.54) is 30.5 Å². The smallest absolute Gasteiger partial charge is 0.228 e. The third-order valence-corrected chi connectivity index (χ3v) is 7.01. The first-order chi connectivity index (χ1) is 16.7. The lowest BCUT2D eigenvalue weighted by Crippen LogP contribution is -2.39. The van der Waals surface area contributed by atoms with Gasteiger partial charge in [0.15, 0.2) is 5.82 Å². The summed E-state index contributed by atoms with van der Waals surface area (Å²) >= 11 is 0. The highest BCUT2D eigenvalue weighted by Gasteiger charge is 2.24. The van der Waals surface area contributed by atoms with Crippen molar-refractivity contribution >= 4 is 5.91 Å². The SMILES string of the molecule is Cc1nc(CC(=O)NC2CCC(CCN3CCc4ccc(OCC(C)(C)C)nc4CC3)CC2)no1. The number of nitrogens with one attached hydrogen (secondary N) is 1. The highest BCUT2D eigenvalue weighted by atomic mass is 16.5. The zero-order chi connectivity index (χ0) is 24.8. The van der Waals surface area contributed by atoms with Gasteiger partial charge in [-0.2, -0.15) is 4.98 Å². The van der Waals surface area contributed by atoms with E-state index in [9.17, 15) is 4.79 Å². The van der Waals surface area contributed by atoms with Gasteiger partial charge in [-0.15, -0.1) is 0 Å². The van der Waals surface area contributed by atoms with Crippen LogP contribution in [0.2, 0.25) is 0 Å². The summed E-state index contributed by atoms with van der Waals surface area (Å²) in [4.78, 5) is 23.8. The van der Waals surface area contributed by atoms with Crippen molar-refractivity contribution in [2.45, 2.75) is 85.1 Å². The average Bonchev–Trinajstić information content (AvgIpc) is 3.10. The van der Waals surface area contributed by atoms with E-state index >= 15 is 0 Å². The fourth-order valence-electron chi connectivity index (χ4n) is 5.00. The molecule has 0 radical (unpaired) electrons. The lowest BCUT2D eigenvalue weighted by Gasteiger charge is -2.30. The molecule has 2 aromatic rings. The van der Waals surface area contributed by atoms with E-state index in [4.69, 9.17) is 14.2 Å². The molecule has 1 aliphatic heterocycles. The molecule has 2 aliphatic rings. The highest BCUT2D eigenvalue weighted by Crippen LogP contribution is 2.28. The summed E-state index contributed by atoms with van der Waals surface area (Å²) in [5.41, 5.74) is 2.69. The van der Waals surface area contributed by atoms with Crippen LogP contribution in [0.1, 0.15) is 75.8 Å². The van der Waals surface area contributed by atoms with Crippen molar-refractivity contribution in [3.63, 3.8) is 0 Å². The van der Waals surface area contributed by atoms with Crippen LogP contribution >= 0.6 is 0 Å². The van der Waals surface area contributed by atoms with Crippen LogP contribution in [0.25, 0.3) is 0 Å².